The lowest BCUT2D eigenvalue weighted by atomic mass is 10.1. The fourth-order valence-electron chi connectivity index (χ4n) is 5.81. The molecule has 6 amide bonds. The predicted octanol–water partition coefficient (Wildman–Crippen LogP) is 10.7. The molecule has 0 unspecified atom stereocenters. The lowest BCUT2D eigenvalue weighted by molar-refractivity contribution is 0.247. The molecular formula is C45H45N7O3. The van der Waals surface area contributed by atoms with Crippen LogP contribution in [0.3, 0.4) is 0 Å². The molecule has 0 bridgehead atoms. The summed E-state index contributed by atoms with van der Waals surface area (Å²) in [4.78, 5) is 40.1. The molecule has 6 aromatic carbocycles. The largest absolute Gasteiger partial charge is 0.323 e. The second-order valence-electron chi connectivity index (χ2n) is 13.6. The lowest BCUT2D eigenvalue weighted by Gasteiger charge is -2.23. The van der Waals surface area contributed by atoms with Gasteiger partial charge in [-0.2, -0.15) is 0 Å². The van der Waals surface area contributed by atoms with Crippen LogP contribution >= 0.6 is 0 Å². The van der Waals surface area contributed by atoms with Crippen molar-refractivity contribution in [1.82, 2.24) is 4.90 Å². The Morgan fingerprint density at radius 1 is 0.327 bits per heavy atom. The van der Waals surface area contributed by atoms with Gasteiger partial charge < -0.3 is 31.9 Å². The number of amides is 6. The monoisotopic (exact) mass is 731 g/mol. The van der Waals surface area contributed by atoms with E-state index in [4.69, 9.17) is 0 Å². The maximum Gasteiger partial charge on any atom is 0.323 e. The van der Waals surface area contributed by atoms with E-state index in [2.05, 4.69) is 36.8 Å². The second kappa shape index (κ2) is 18.2. The molecule has 6 rings (SSSR count). The first-order valence-corrected chi connectivity index (χ1v) is 18.0. The molecule has 0 aliphatic rings. The fourth-order valence-corrected chi connectivity index (χ4v) is 5.81. The molecule has 278 valence electrons. The number of nitrogens with zero attached hydrogens (tertiary/aromatic N) is 1. The summed E-state index contributed by atoms with van der Waals surface area (Å²) in [5, 5.41) is 17.3. The van der Waals surface area contributed by atoms with Gasteiger partial charge >= 0.3 is 18.1 Å². The molecule has 0 aromatic heterocycles. The minimum atomic E-state index is -0.311. The molecule has 6 N–H and O–H groups in total. The van der Waals surface area contributed by atoms with E-state index in [9.17, 15) is 14.4 Å². The average molecular weight is 732 g/mol. The van der Waals surface area contributed by atoms with Gasteiger partial charge in [-0.15, -0.1) is 0 Å². The van der Waals surface area contributed by atoms with E-state index in [-0.39, 0.29) is 18.1 Å². The molecule has 10 heteroatoms. The third-order valence-corrected chi connectivity index (χ3v) is 8.78. The molecule has 55 heavy (non-hydrogen) atoms. The Labute approximate surface area is 322 Å². The molecular weight excluding hydrogens is 687 g/mol. The van der Waals surface area contributed by atoms with Crippen molar-refractivity contribution < 1.29 is 14.4 Å². The number of nitrogens with one attached hydrogen (secondary N) is 6. The van der Waals surface area contributed by atoms with Gasteiger partial charge in [0.15, 0.2) is 0 Å². The van der Waals surface area contributed by atoms with Crippen LogP contribution in [-0.4, -0.2) is 23.0 Å². The Morgan fingerprint density at radius 2 is 0.509 bits per heavy atom. The van der Waals surface area contributed by atoms with Crippen molar-refractivity contribution in [1.29, 1.82) is 0 Å². The van der Waals surface area contributed by atoms with Crippen LogP contribution in [0.5, 0.6) is 0 Å². The number of hydrogen-bond acceptors (Lipinski definition) is 4. The summed E-state index contributed by atoms with van der Waals surface area (Å²) >= 11 is 0. The van der Waals surface area contributed by atoms with E-state index in [1.165, 1.54) is 0 Å². The molecule has 10 nitrogen and oxygen atoms in total. The quantitative estimate of drug-likeness (QED) is 0.0749. The summed E-state index contributed by atoms with van der Waals surface area (Å²) < 4.78 is 0. The Bertz CT molecular complexity index is 1930. The normalized spacial score (nSPS) is 10.7. The van der Waals surface area contributed by atoms with Gasteiger partial charge in [-0.25, -0.2) is 14.4 Å². The topological polar surface area (TPSA) is 127 Å². The zero-order valence-corrected chi connectivity index (χ0v) is 31.1. The van der Waals surface area contributed by atoms with Crippen LogP contribution in [-0.2, 0) is 19.6 Å². The van der Waals surface area contributed by atoms with Gasteiger partial charge in [0.1, 0.15) is 0 Å². The van der Waals surface area contributed by atoms with Crippen molar-refractivity contribution in [3.63, 3.8) is 0 Å². The average Bonchev–Trinajstić information content (AvgIpc) is 3.17. The molecule has 0 aliphatic heterocycles. The number of anilines is 6. The minimum absolute atomic E-state index is 0.311. The second-order valence-corrected chi connectivity index (χ2v) is 13.6. The summed E-state index contributed by atoms with van der Waals surface area (Å²) in [5.41, 5.74) is 10.8. The zero-order valence-electron chi connectivity index (χ0n) is 31.1. The number of carbonyl (C=O) groups excluding carboxylic acids is 3. The maximum absolute atomic E-state index is 12.6. The molecule has 0 spiro atoms. The molecule has 0 fully saturated rings. The fraction of sp³-hybridized carbons (Fsp3) is 0.133. The summed E-state index contributed by atoms with van der Waals surface area (Å²) in [7, 11) is 0. The van der Waals surface area contributed by atoms with E-state index >= 15 is 0 Å². The number of benzene rings is 6. The highest BCUT2D eigenvalue weighted by Crippen LogP contribution is 2.20. The van der Waals surface area contributed by atoms with Gasteiger partial charge in [0.25, 0.3) is 0 Å². The first-order chi connectivity index (χ1) is 26.6. The van der Waals surface area contributed by atoms with Gasteiger partial charge in [0, 0.05) is 53.8 Å². The molecule has 0 aliphatic carbocycles. The highest BCUT2D eigenvalue weighted by Gasteiger charge is 2.12. The highest BCUT2D eigenvalue weighted by molar-refractivity contribution is 6.01. The standard InChI is InChI=1S/C45H45N7O3/c1-31-4-16-37(17-5-31)46-43(53)49-40-22-10-34(11-23-40)28-52(29-35-12-24-41(25-13-35)50-44(54)47-38-18-6-32(2)7-19-38)30-36-14-26-42(27-15-36)51-45(55)48-39-20-8-33(3)9-21-39/h4-27H,28-30H2,1-3H3,(H2,46,49,53)(H2,47,50,54)(H2,48,51,55). The van der Waals surface area contributed by atoms with Crippen molar-refractivity contribution in [3.05, 3.63) is 179 Å². The molecule has 0 atom stereocenters. The van der Waals surface area contributed by atoms with E-state index in [1.54, 1.807) is 0 Å². The van der Waals surface area contributed by atoms with E-state index in [0.29, 0.717) is 36.7 Å². The van der Waals surface area contributed by atoms with Crippen LogP contribution in [0, 0.1) is 20.8 Å². The number of aryl methyl sites for hydroxylation is 3. The van der Waals surface area contributed by atoms with Crippen LogP contribution in [0.15, 0.2) is 146 Å². The molecule has 0 saturated heterocycles. The summed E-state index contributed by atoms with van der Waals surface area (Å²) in [6.07, 6.45) is 0. The molecule has 0 heterocycles. The van der Waals surface area contributed by atoms with Crippen molar-refractivity contribution in [2.45, 2.75) is 40.4 Å². The van der Waals surface area contributed by atoms with Crippen LogP contribution in [0.2, 0.25) is 0 Å². The summed E-state index contributed by atoms with van der Waals surface area (Å²) in [5.74, 6) is 0. The van der Waals surface area contributed by atoms with Crippen molar-refractivity contribution in [2.75, 3.05) is 31.9 Å². The number of carbonyl (C=O) groups is 3. The van der Waals surface area contributed by atoms with Gasteiger partial charge in [0.05, 0.1) is 0 Å². The van der Waals surface area contributed by atoms with Gasteiger partial charge in [-0.05, 0) is 110 Å². The van der Waals surface area contributed by atoms with Gasteiger partial charge in [-0.3, -0.25) is 4.90 Å². The first-order valence-electron chi connectivity index (χ1n) is 18.0. The molecule has 0 radical (unpaired) electrons. The minimum Gasteiger partial charge on any atom is -0.308 e. The Balaban J connectivity index is 1.09. The third kappa shape index (κ3) is 12.1. The van der Waals surface area contributed by atoms with Crippen molar-refractivity contribution in [2.24, 2.45) is 0 Å². The van der Waals surface area contributed by atoms with Crippen LogP contribution in [0.4, 0.5) is 48.5 Å². The summed E-state index contributed by atoms with van der Waals surface area (Å²) in [6, 6.07) is 45.4. The molecule has 0 saturated carbocycles. The number of urea groups is 3. The maximum atomic E-state index is 12.6. The van der Waals surface area contributed by atoms with E-state index in [0.717, 1.165) is 50.4 Å². The predicted molar refractivity (Wildman–Crippen MR) is 224 cm³/mol. The van der Waals surface area contributed by atoms with E-state index in [1.807, 2.05) is 166 Å². The summed E-state index contributed by atoms with van der Waals surface area (Å²) in [6.45, 7) is 7.90. The Kier molecular flexibility index (Phi) is 12.5. The number of hydrogen-bond donors (Lipinski definition) is 6. The number of rotatable bonds is 12. The third-order valence-electron chi connectivity index (χ3n) is 8.78. The SMILES string of the molecule is Cc1ccc(NC(=O)Nc2ccc(CN(Cc3ccc(NC(=O)Nc4ccc(C)cc4)cc3)Cc3ccc(NC(=O)Nc4ccc(C)cc4)cc3)cc2)cc1. The Morgan fingerprint density at radius 3 is 0.709 bits per heavy atom. The van der Waals surface area contributed by atoms with Crippen molar-refractivity contribution >= 4 is 52.2 Å². The van der Waals surface area contributed by atoms with Crippen molar-refractivity contribution in [3.8, 4) is 0 Å². The van der Waals surface area contributed by atoms with Gasteiger partial charge in [-0.1, -0.05) is 89.5 Å². The lowest BCUT2D eigenvalue weighted by Crippen LogP contribution is -2.23. The van der Waals surface area contributed by atoms with Gasteiger partial charge in [0.2, 0.25) is 0 Å². The smallest absolute Gasteiger partial charge is 0.308 e. The Hall–Kier alpha value is -6.91. The van der Waals surface area contributed by atoms with Crippen LogP contribution in [0.1, 0.15) is 33.4 Å². The molecule has 6 aromatic rings. The van der Waals surface area contributed by atoms with Crippen LogP contribution in [0.25, 0.3) is 0 Å². The first kappa shape index (κ1) is 37.8. The highest BCUT2D eigenvalue weighted by atomic mass is 16.2. The van der Waals surface area contributed by atoms with Crippen LogP contribution < -0.4 is 31.9 Å². The van der Waals surface area contributed by atoms with E-state index < -0.39 is 0 Å². The zero-order chi connectivity index (χ0) is 38.6.